The summed E-state index contributed by atoms with van der Waals surface area (Å²) in [7, 11) is 0. The van der Waals surface area contributed by atoms with Gasteiger partial charge in [0.15, 0.2) is 0 Å². The predicted molar refractivity (Wildman–Crippen MR) is 390 cm³/mol. The Balaban J connectivity index is 0.918. The maximum atomic E-state index is 7.66. The minimum Gasteiger partial charge on any atom is -0.458 e. The van der Waals surface area contributed by atoms with Crippen molar-refractivity contribution in [3.63, 3.8) is 0 Å². The zero-order chi connectivity index (χ0) is 61.1. The molecule has 19 rings (SSSR count). The highest BCUT2D eigenvalue weighted by molar-refractivity contribution is 7.02. The van der Waals surface area contributed by atoms with Crippen LogP contribution in [-0.2, 0) is 0 Å². The number of ether oxygens (including phenoxy) is 1. The van der Waals surface area contributed by atoms with E-state index in [-0.39, 0.29) is 13.4 Å². The van der Waals surface area contributed by atoms with Gasteiger partial charge in [0.25, 0.3) is 13.4 Å². The molecule has 1 aromatic heterocycles. The second-order valence-corrected chi connectivity index (χ2v) is 24.4. The van der Waals surface area contributed by atoms with Crippen LogP contribution in [-0.4, -0.2) is 18.0 Å². The molecule has 14 aromatic carbocycles. The Morgan fingerprint density at radius 1 is 0.237 bits per heavy atom. The average Bonchev–Trinajstić information content (AvgIpc) is 1.11. The molecule has 93 heavy (non-hydrogen) atoms. The Hall–Kier alpha value is -12.2. The Kier molecular flexibility index (Phi) is 12.0. The first-order valence-corrected chi connectivity index (χ1v) is 32.0. The molecule has 0 bridgehead atoms. The fraction of sp³-hybridized carbons (Fsp3) is 0. The summed E-state index contributed by atoms with van der Waals surface area (Å²) in [6.07, 6.45) is 0. The Bertz CT molecular complexity index is 5280. The van der Waals surface area contributed by atoms with Crippen LogP contribution >= 0.6 is 0 Å². The molecular weight excluding hydrogens is 1130 g/mol. The van der Waals surface area contributed by atoms with Crippen molar-refractivity contribution in [2.75, 3.05) is 24.5 Å². The first kappa shape index (κ1) is 52.7. The molecule has 0 saturated heterocycles. The second-order valence-electron chi connectivity index (χ2n) is 24.4. The molecule has 15 aromatic rings. The molecule has 0 amide bonds. The van der Waals surface area contributed by atoms with E-state index >= 15 is 0 Å². The van der Waals surface area contributed by atoms with Gasteiger partial charge in [-0.05, 0) is 166 Å². The number of para-hydroxylation sites is 10. The van der Waals surface area contributed by atoms with Gasteiger partial charge in [0.05, 0.1) is 22.4 Å². The van der Waals surface area contributed by atoms with Crippen LogP contribution in [0.5, 0.6) is 11.5 Å². The molecule has 9 heteroatoms. The monoisotopic (exact) mass is 1190 g/mol. The van der Waals surface area contributed by atoms with Crippen LogP contribution in [0.4, 0.5) is 85.3 Å². The van der Waals surface area contributed by atoms with Gasteiger partial charge < -0.3 is 33.8 Å². The largest absolute Gasteiger partial charge is 0.458 e. The number of rotatable bonds is 10. The van der Waals surface area contributed by atoms with E-state index in [0.717, 1.165) is 124 Å². The van der Waals surface area contributed by atoms with Gasteiger partial charge >= 0.3 is 0 Å². The van der Waals surface area contributed by atoms with Gasteiger partial charge in [0, 0.05) is 103 Å². The van der Waals surface area contributed by atoms with E-state index in [2.05, 4.69) is 369 Å². The van der Waals surface area contributed by atoms with Crippen molar-refractivity contribution in [2.24, 2.45) is 0 Å². The zero-order valence-corrected chi connectivity index (χ0v) is 50.6. The van der Waals surface area contributed by atoms with E-state index in [9.17, 15) is 0 Å². The molecule has 0 unspecified atom stereocenters. The highest BCUT2D eigenvalue weighted by Gasteiger charge is 2.48. The number of aromatic nitrogens is 1. The third-order valence-electron chi connectivity index (χ3n) is 19.3. The number of hydrogen-bond acceptors (Lipinski definition) is 6. The smallest absolute Gasteiger partial charge is 0.256 e. The molecule has 0 saturated carbocycles. The summed E-state index contributed by atoms with van der Waals surface area (Å²) in [6, 6.07) is 124. The van der Waals surface area contributed by atoms with Crippen molar-refractivity contribution in [1.82, 2.24) is 4.57 Å². The minimum absolute atomic E-state index is 0.182. The van der Waals surface area contributed by atoms with Crippen molar-refractivity contribution in [3.8, 4) is 17.2 Å². The maximum Gasteiger partial charge on any atom is 0.256 e. The molecule has 5 heterocycles. The molecule has 434 valence electrons. The van der Waals surface area contributed by atoms with Gasteiger partial charge in [-0.2, -0.15) is 0 Å². The summed E-state index contributed by atoms with van der Waals surface area (Å²) in [6.45, 7) is -0.432. The topological polar surface area (TPSA) is 30.4 Å². The quantitative estimate of drug-likeness (QED) is 0.127. The average molecular weight is 1190 g/mol. The van der Waals surface area contributed by atoms with Crippen LogP contribution in [0.15, 0.2) is 340 Å². The Labute approximate surface area is 540 Å². The second kappa shape index (κ2) is 21.2. The highest BCUT2D eigenvalue weighted by Crippen LogP contribution is 2.52. The predicted octanol–water partition coefficient (Wildman–Crippen LogP) is 18.2. The lowest BCUT2D eigenvalue weighted by Gasteiger charge is -2.46. The van der Waals surface area contributed by atoms with Gasteiger partial charge in [-0.3, -0.25) is 0 Å². The molecule has 0 spiro atoms. The van der Waals surface area contributed by atoms with Gasteiger partial charge in [-0.25, -0.2) is 0 Å². The third kappa shape index (κ3) is 8.26. The van der Waals surface area contributed by atoms with Crippen molar-refractivity contribution in [2.45, 2.75) is 0 Å². The fourth-order valence-corrected chi connectivity index (χ4v) is 15.5. The van der Waals surface area contributed by atoms with Crippen molar-refractivity contribution in [1.29, 1.82) is 0 Å². The van der Waals surface area contributed by atoms with Crippen molar-refractivity contribution in [3.05, 3.63) is 340 Å². The zero-order valence-electron chi connectivity index (χ0n) is 50.6. The lowest BCUT2D eigenvalue weighted by Crippen LogP contribution is -2.64. The van der Waals surface area contributed by atoms with Crippen LogP contribution in [0.25, 0.3) is 27.5 Å². The number of fused-ring (bicyclic) bond motifs is 11. The first-order valence-electron chi connectivity index (χ1n) is 32.0. The van der Waals surface area contributed by atoms with Gasteiger partial charge in [-0.1, -0.05) is 194 Å². The van der Waals surface area contributed by atoms with Gasteiger partial charge in [0.1, 0.15) is 11.5 Å². The molecule has 0 N–H and O–H groups in total. The molecule has 4 aliphatic rings. The normalized spacial score (nSPS) is 12.9. The highest BCUT2D eigenvalue weighted by atomic mass is 16.5. The first-order chi connectivity index (χ1) is 46.2. The number of hydrogen-bond donors (Lipinski definition) is 0. The summed E-state index contributed by atoms with van der Waals surface area (Å²) in [5, 5.41) is 2.43. The van der Waals surface area contributed by atoms with E-state index < -0.39 is 0 Å². The van der Waals surface area contributed by atoms with E-state index in [4.69, 9.17) is 4.74 Å². The summed E-state index contributed by atoms with van der Waals surface area (Å²) < 4.78 is 10.1. The standard InChI is InChI=1S/C84H56B2N6O/c1-8-28-57(29-9-1)87(58-30-10-2-11-31-58)65-50-78-83-79(51-65)90(62-38-18-6-19-39-62)76-56-77-72(55-71(76)85(83)69-44-24-27-47-75(69)89(78)61-36-16-5-17-37-61)86-70-49-48-64(92-73-45-25-22-42-67(73)68-43-23-26-46-74(68)92)53-81(70)93-82-54-66(52-80(84(82)86)91(77)63-40-20-7-21-41-63)88(59-32-12-3-13-33-59)60-34-14-4-15-35-60/h1-56H. The van der Waals surface area contributed by atoms with Crippen LogP contribution in [0.2, 0.25) is 0 Å². The summed E-state index contributed by atoms with van der Waals surface area (Å²) in [5.41, 5.74) is 26.6. The SMILES string of the molecule is c1ccc(N(c2ccccc2)c2cc3c4c(c2)N(c2ccccc2)c2cc5c(cc2B4c2ccc(-n4c6ccccc6c6ccccc64)cc2O3)B2c3ccccc3N(c3ccccc3)c3cc(N(c4ccccc4)c4ccccc4)cc(c32)N5c2ccccc2)cc1. The van der Waals surface area contributed by atoms with E-state index in [1.165, 1.54) is 32.6 Å². The van der Waals surface area contributed by atoms with Crippen molar-refractivity contribution >= 4 is 153 Å². The molecule has 0 fully saturated rings. The summed E-state index contributed by atoms with van der Waals surface area (Å²) in [5.74, 6) is 1.64. The van der Waals surface area contributed by atoms with E-state index in [1.807, 2.05) is 0 Å². The lowest BCUT2D eigenvalue weighted by atomic mass is 9.30. The Morgan fingerprint density at radius 3 is 1.11 bits per heavy atom. The fourth-order valence-electron chi connectivity index (χ4n) is 15.5. The molecule has 0 atom stereocenters. The van der Waals surface area contributed by atoms with Crippen molar-refractivity contribution < 1.29 is 4.74 Å². The Morgan fingerprint density at radius 2 is 0.624 bits per heavy atom. The van der Waals surface area contributed by atoms with Gasteiger partial charge in [0.2, 0.25) is 0 Å². The summed E-state index contributed by atoms with van der Waals surface area (Å²) >= 11 is 0. The third-order valence-corrected chi connectivity index (χ3v) is 19.3. The summed E-state index contributed by atoms with van der Waals surface area (Å²) in [4.78, 5) is 12.4. The number of anilines is 15. The van der Waals surface area contributed by atoms with Gasteiger partial charge in [-0.15, -0.1) is 0 Å². The number of benzene rings is 14. The lowest BCUT2D eigenvalue weighted by molar-refractivity contribution is 0.487. The van der Waals surface area contributed by atoms with E-state index in [1.54, 1.807) is 0 Å². The molecular formula is C84H56B2N6O. The van der Waals surface area contributed by atoms with Crippen LogP contribution in [0.1, 0.15) is 0 Å². The molecule has 4 aliphatic heterocycles. The molecule has 0 aliphatic carbocycles. The van der Waals surface area contributed by atoms with Crippen LogP contribution in [0.3, 0.4) is 0 Å². The number of nitrogens with zero attached hydrogens (tertiary/aromatic N) is 6. The van der Waals surface area contributed by atoms with Crippen LogP contribution in [0, 0.1) is 0 Å². The molecule has 0 radical (unpaired) electrons. The molecule has 7 nitrogen and oxygen atoms in total. The minimum atomic E-state index is -0.250. The van der Waals surface area contributed by atoms with Crippen LogP contribution < -0.4 is 62.0 Å². The van der Waals surface area contributed by atoms with E-state index in [0.29, 0.717) is 0 Å². The maximum absolute atomic E-state index is 7.66.